The van der Waals surface area contributed by atoms with Gasteiger partial charge in [0.2, 0.25) is 0 Å². The number of aliphatic hydroxyl groups excluding tert-OH is 4. The number of rotatable bonds is 7. The molecule has 0 amide bonds. The fraction of sp³-hybridized carbons (Fsp3) is 1.00. The van der Waals surface area contributed by atoms with Gasteiger partial charge in [-0.15, -0.1) is 4.48 Å². The largest absolute Gasteiger partial charge is 0.394 e. The number of aliphatic hydroxyl groups is 4. The molecule has 0 aliphatic rings. The maximum atomic E-state index is 11.7. The summed E-state index contributed by atoms with van der Waals surface area (Å²) in [7, 11) is 1.42. The molecule has 5 N–H and O–H groups in total. The van der Waals surface area contributed by atoms with Gasteiger partial charge in [0.15, 0.2) is 0 Å². The van der Waals surface area contributed by atoms with E-state index in [1.54, 1.807) is 0 Å². The molecule has 0 saturated carbocycles. The number of nitrogens with zero attached hydrogens (tertiary/aromatic N) is 1. The summed E-state index contributed by atoms with van der Waals surface area (Å²) in [6, 6.07) is 0. The third kappa shape index (κ3) is 4.80. The van der Waals surface area contributed by atoms with Crippen LogP contribution in [0.4, 0.5) is 4.48 Å². The second kappa shape index (κ2) is 7.04. The van der Waals surface area contributed by atoms with Crippen LogP contribution in [0.25, 0.3) is 0 Å². The molecule has 0 aliphatic heterocycles. The van der Waals surface area contributed by atoms with Gasteiger partial charge in [0.25, 0.3) is 0 Å². The average Bonchev–Trinajstić information content (AvgIpc) is 2.22. The first-order valence-corrected chi connectivity index (χ1v) is 4.25. The topological polar surface area (TPSA) is 96.2 Å². The predicted molar refractivity (Wildman–Crippen MR) is 46.6 cm³/mol. The number of hydrazine groups is 1. The van der Waals surface area contributed by atoms with E-state index in [0.29, 0.717) is 0 Å². The van der Waals surface area contributed by atoms with Crippen molar-refractivity contribution < 1.29 is 24.9 Å². The van der Waals surface area contributed by atoms with Crippen molar-refractivity contribution in [2.75, 3.05) is 20.2 Å². The van der Waals surface area contributed by atoms with Crippen molar-refractivity contribution in [2.24, 2.45) is 0 Å². The highest BCUT2D eigenvalue weighted by molar-refractivity contribution is 4.74. The molecule has 3 atom stereocenters. The highest BCUT2D eigenvalue weighted by Crippen LogP contribution is 2.04. The van der Waals surface area contributed by atoms with Crippen molar-refractivity contribution in [2.45, 2.75) is 24.7 Å². The van der Waals surface area contributed by atoms with Gasteiger partial charge in [0.05, 0.1) is 12.7 Å². The van der Waals surface area contributed by atoms with Gasteiger partial charge >= 0.3 is 0 Å². The summed E-state index contributed by atoms with van der Waals surface area (Å²) in [5, 5.41) is 36.9. The van der Waals surface area contributed by atoms with Gasteiger partial charge in [0, 0.05) is 13.6 Å². The molecule has 0 aromatic carbocycles. The second-order valence-corrected chi connectivity index (χ2v) is 3.10. The van der Waals surface area contributed by atoms with E-state index in [-0.39, 0.29) is 13.0 Å². The van der Waals surface area contributed by atoms with Crippen LogP contribution in [-0.4, -0.2) is 63.9 Å². The summed E-state index contributed by atoms with van der Waals surface area (Å²) in [4.78, 5) is 0. The zero-order chi connectivity index (χ0) is 11.1. The lowest BCUT2D eigenvalue weighted by Crippen LogP contribution is -2.41. The van der Waals surface area contributed by atoms with Crippen LogP contribution in [0.2, 0.25) is 0 Å². The highest BCUT2D eigenvalue weighted by Gasteiger charge is 2.23. The Morgan fingerprint density at radius 3 is 2.29 bits per heavy atom. The Balaban J connectivity index is 3.77. The molecule has 6 nitrogen and oxygen atoms in total. The van der Waals surface area contributed by atoms with E-state index >= 15 is 0 Å². The van der Waals surface area contributed by atoms with Crippen LogP contribution in [0.5, 0.6) is 0 Å². The molecule has 86 valence electrons. The van der Waals surface area contributed by atoms with E-state index in [2.05, 4.69) is 0 Å². The van der Waals surface area contributed by atoms with Crippen LogP contribution < -0.4 is 5.65 Å². The van der Waals surface area contributed by atoms with Crippen LogP contribution in [-0.2, 0) is 0 Å². The Labute approximate surface area is 81.5 Å². The number of nitrogens with one attached hydrogen (secondary N) is 1. The summed E-state index contributed by atoms with van der Waals surface area (Å²) < 4.78 is 11.7. The molecule has 0 rings (SSSR count). The molecule has 3 unspecified atom stereocenters. The van der Waals surface area contributed by atoms with Crippen LogP contribution in [0.15, 0.2) is 0 Å². The maximum absolute atomic E-state index is 11.7. The second-order valence-electron chi connectivity index (χ2n) is 3.10. The zero-order valence-corrected chi connectivity index (χ0v) is 7.97. The molecule has 0 radical (unpaired) electrons. The molecule has 0 aliphatic carbocycles. The van der Waals surface area contributed by atoms with Gasteiger partial charge in [-0.25, -0.2) is 5.01 Å². The predicted octanol–water partition coefficient (Wildman–Crippen LogP) is -2.23. The minimum Gasteiger partial charge on any atom is -0.394 e. The molecule has 0 heterocycles. The van der Waals surface area contributed by atoms with Crippen molar-refractivity contribution >= 4 is 0 Å². The van der Waals surface area contributed by atoms with Crippen LogP contribution in [0.3, 0.4) is 0 Å². The lowest BCUT2D eigenvalue weighted by atomic mass is 10.1. The van der Waals surface area contributed by atoms with Crippen molar-refractivity contribution in [1.82, 2.24) is 10.7 Å². The molecule has 0 aromatic heterocycles. The minimum absolute atomic E-state index is 0.0750. The normalized spacial score (nSPS) is 18.2. The highest BCUT2D eigenvalue weighted by atomic mass is 19.2. The first-order valence-electron chi connectivity index (χ1n) is 4.25. The quantitative estimate of drug-likeness (QED) is 0.242. The smallest absolute Gasteiger partial charge is 0.108 e. The molecule has 0 bridgehead atoms. The van der Waals surface area contributed by atoms with E-state index in [1.807, 2.05) is 0 Å². The Kier molecular flexibility index (Phi) is 6.89. The van der Waals surface area contributed by atoms with Crippen molar-refractivity contribution in [3.8, 4) is 0 Å². The van der Waals surface area contributed by atoms with Crippen LogP contribution in [0, 0.1) is 0 Å². The van der Waals surface area contributed by atoms with Crippen LogP contribution in [0.1, 0.15) is 6.42 Å². The first-order chi connectivity index (χ1) is 6.52. The van der Waals surface area contributed by atoms with Gasteiger partial charge in [-0.1, -0.05) is 5.65 Å². The lowest BCUT2D eigenvalue weighted by Gasteiger charge is -2.22. The van der Waals surface area contributed by atoms with E-state index in [0.717, 1.165) is 5.01 Å². The summed E-state index contributed by atoms with van der Waals surface area (Å²) >= 11 is 0. The summed E-state index contributed by atoms with van der Waals surface area (Å²) in [6.07, 6.45) is -3.93. The van der Waals surface area contributed by atoms with E-state index in [4.69, 9.17) is 10.2 Å². The molecule has 0 spiro atoms. The monoisotopic (exact) mass is 212 g/mol. The summed E-state index contributed by atoms with van der Waals surface area (Å²) in [6.45, 7) is -0.470. The Bertz CT molecular complexity index is 152. The van der Waals surface area contributed by atoms with Crippen molar-refractivity contribution in [1.29, 1.82) is 0 Å². The van der Waals surface area contributed by atoms with Gasteiger partial charge in [-0.3, -0.25) is 0 Å². The van der Waals surface area contributed by atoms with Gasteiger partial charge < -0.3 is 20.4 Å². The molecule has 0 saturated heterocycles. The molecule has 14 heavy (non-hydrogen) atoms. The molecule has 0 aromatic rings. The van der Waals surface area contributed by atoms with Gasteiger partial charge in [-0.05, 0) is 6.42 Å². The SMILES string of the molecule is CN(CCC(O)C(O)C(O)CO)NF. The Morgan fingerprint density at radius 1 is 1.29 bits per heavy atom. The maximum Gasteiger partial charge on any atom is 0.108 e. The summed E-state index contributed by atoms with van der Waals surface area (Å²) in [5.41, 5.74) is 1.33. The van der Waals surface area contributed by atoms with Crippen molar-refractivity contribution in [3.05, 3.63) is 0 Å². The fourth-order valence-electron chi connectivity index (χ4n) is 0.903. The standard InChI is InChI=1S/C7H17FN2O4/c1-10(9-8)3-2-5(12)7(14)6(13)4-11/h5-7,9,11-14H,2-4H2,1H3. The Hall–Kier alpha value is -0.310. The molecular weight excluding hydrogens is 195 g/mol. The lowest BCUT2D eigenvalue weighted by molar-refractivity contribution is -0.0818. The fourth-order valence-corrected chi connectivity index (χ4v) is 0.903. The Morgan fingerprint density at radius 2 is 1.86 bits per heavy atom. The van der Waals surface area contributed by atoms with Gasteiger partial charge in [0.1, 0.15) is 12.2 Å². The molecule has 0 fully saturated rings. The van der Waals surface area contributed by atoms with Crippen molar-refractivity contribution in [3.63, 3.8) is 0 Å². The zero-order valence-electron chi connectivity index (χ0n) is 7.97. The molecular formula is C7H17FN2O4. The third-order valence-electron chi connectivity index (χ3n) is 1.88. The third-order valence-corrected chi connectivity index (χ3v) is 1.88. The number of halogens is 1. The van der Waals surface area contributed by atoms with E-state index in [1.165, 1.54) is 12.7 Å². The number of hydrogen-bond acceptors (Lipinski definition) is 6. The van der Waals surface area contributed by atoms with Crippen LogP contribution >= 0.6 is 0 Å². The average molecular weight is 212 g/mol. The van der Waals surface area contributed by atoms with E-state index < -0.39 is 24.9 Å². The molecule has 7 heteroatoms. The number of hydrogen-bond donors (Lipinski definition) is 5. The van der Waals surface area contributed by atoms with E-state index in [9.17, 15) is 14.7 Å². The first kappa shape index (κ1) is 13.7. The van der Waals surface area contributed by atoms with Gasteiger partial charge in [-0.2, -0.15) is 0 Å². The minimum atomic E-state index is -1.42. The summed E-state index contributed by atoms with van der Waals surface area (Å²) in [5.74, 6) is 0.